The van der Waals surface area contributed by atoms with E-state index in [4.69, 9.17) is 19.9 Å². The molecule has 2 unspecified atom stereocenters. The first-order valence-electron chi connectivity index (χ1n) is 13.7. The number of thiophene rings is 1. The number of hydrogen-bond acceptors (Lipinski definition) is 11. The summed E-state index contributed by atoms with van der Waals surface area (Å²) in [5.74, 6) is 1.39. The first-order chi connectivity index (χ1) is 18.9. The van der Waals surface area contributed by atoms with Crippen molar-refractivity contribution in [3.8, 4) is 21.9 Å². The Morgan fingerprint density at radius 1 is 1.20 bits per heavy atom. The molecule has 4 aromatic heterocycles. The number of pyridine rings is 1. The molecule has 0 bridgehead atoms. The van der Waals surface area contributed by atoms with Crippen LogP contribution in [-0.2, 0) is 21.0 Å². The highest BCUT2D eigenvalue weighted by atomic mass is 32.2. The van der Waals surface area contributed by atoms with Crippen molar-refractivity contribution in [2.45, 2.75) is 76.7 Å². The van der Waals surface area contributed by atoms with E-state index in [0.717, 1.165) is 31.6 Å². The lowest BCUT2D eigenvalue weighted by Gasteiger charge is -2.35. The van der Waals surface area contributed by atoms with Gasteiger partial charge in [-0.25, -0.2) is 18.4 Å². The van der Waals surface area contributed by atoms with Crippen molar-refractivity contribution in [2.75, 3.05) is 18.1 Å². The summed E-state index contributed by atoms with van der Waals surface area (Å²) < 4.78 is 40.3. The standard InChI is InChI=1S/C28H34N6O4S2/c1-14(2)17-12-40(35,36)25-22(20-10-19-24(39-20)26(29)31-13-30-19)21(27-34-33-15(3)38-27)18(32-23(17)25)7-6-16-8-9-37-28(4,5)11-16/h10,13-14,16-17H,6-9,11-12H2,1-5H3,(H2,29,30,31). The summed E-state index contributed by atoms with van der Waals surface area (Å²) in [4.78, 5) is 14.6. The zero-order valence-electron chi connectivity index (χ0n) is 23.4. The summed E-state index contributed by atoms with van der Waals surface area (Å²) in [7, 11) is -3.65. The smallest absolute Gasteiger partial charge is 0.250 e. The van der Waals surface area contributed by atoms with Gasteiger partial charge in [-0.15, -0.1) is 21.5 Å². The van der Waals surface area contributed by atoms with Crippen LogP contribution in [0.15, 0.2) is 21.7 Å². The molecule has 1 saturated heterocycles. The van der Waals surface area contributed by atoms with Crippen LogP contribution in [0.4, 0.5) is 5.82 Å². The summed E-state index contributed by atoms with van der Waals surface area (Å²) in [6.45, 7) is 10.8. The maximum absolute atomic E-state index is 13.9. The van der Waals surface area contributed by atoms with E-state index in [9.17, 15) is 8.42 Å². The van der Waals surface area contributed by atoms with Crippen LogP contribution in [0.25, 0.3) is 32.1 Å². The van der Waals surface area contributed by atoms with Crippen molar-refractivity contribution < 1.29 is 17.6 Å². The molecule has 1 fully saturated rings. The highest BCUT2D eigenvalue weighted by Gasteiger charge is 2.43. The van der Waals surface area contributed by atoms with E-state index in [1.807, 2.05) is 19.9 Å². The van der Waals surface area contributed by atoms with E-state index >= 15 is 0 Å². The second-order valence-corrected chi connectivity index (χ2v) is 14.9. The fourth-order valence-corrected chi connectivity index (χ4v) is 9.45. The quantitative estimate of drug-likeness (QED) is 0.315. The van der Waals surface area contributed by atoms with Gasteiger partial charge in [0.2, 0.25) is 11.8 Å². The Kier molecular flexibility index (Phi) is 6.70. The van der Waals surface area contributed by atoms with Crippen LogP contribution < -0.4 is 5.73 Å². The van der Waals surface area contributed by atoms with Gasteiger partial charge in [-0.1, -0.05) is 13.8 Å². The van der Waals surface area contributed by atoms with E-state index in [-0.39, 0.29) is 34.0 Å². The predicted octanol–water partition coefficient (Wildman–Crippen LogP) is 5.36. The molecule has 0 spiro atoms. The van der Waals surface area contributed by atoms with Crippen molar-refractivity contribution in [3.05, 3.63) is 29.7 Å². The van der Waals surface area contributed by atoms with E-state index in [2.05, 4.69) is 34.0 Å². The number of sulfone groups is 1. The molecule has 6 heterocycles. The topological polar surface area (TPSA) is 147 Å². The van der Waals surface area contributed by atoms with Gasteiger partial charge in [0.15, 0.2) is 9.84 Å². The first-order valence-corrected chi connectivity index (χ1v) is 16.1. The number of fused-ring (bicyclic) bond motifs is 2. The van der Waals surface area contributed by atoms with Gasteiger partial charge in [0.1, 0.15) is 12.1 Å². The fraction of sp³-hybridized carbons (Fsp3) is 0.536. The number of nitrogen functional groups attached to an aromatic ring is 1. The Bertz CT molecular complexity index is 1710. The van der Waals surface area contributed by atoms with Crippen molar-refractivity contribution in [1.82, 2.24) is 25.1 Å². The van der Waals surface area contributed by atoms with E-state index in [0.29, 0.717) is 56.0 Å². The molecule has 0 aliphatic carbocycles. The minimum Gasteiger partial charge on any atom is -0.421 e. The minimum absolute atomic E-state index is 0.0206. The third kappa shape index (κ3) is 4.79. The fourth-order valence-electron chi connectivity index (χ4n) is 6.10. The van der Waals surface area contributed by atoms with Gasteiger partial charge < -0.3 is 14.9 Å². The Hall–Kier alpha value is -2.96. The number of rotatable bonds is 6. The van der Waals surface area contributed by atoms with Crippen LogP contribution in [-0.4, -0.2) is 51.5 Å². The third-order valence-electron chi connectivity index (χ3n) is 8.03. The monoisotopic (exact) mass is 582 g/mol. The molecule has 2 atom stereocenters. The lowest BCUT2D eigenvalue weighted by molar-refractivity contribution is -0.0734. The lowest BCUT2D eigenvalue weighted by atomic mass is 9.84. The number of anilines is 1. The predicted molar refractivity (Wildman–Crippen MR) is 154 cm³/mol. The lowest BCUT2D eigenvalue weighted by Crippen LogP contribution is -2.34. The summed E-state index contributed by atoms with van der Waals surface area (Å²) in [5.41, 5.74) is 9.23. The molecule has 10 nitrogen and oxygen atoms in total. The number of nitrogens with zero attached hydrogens (tertiary/aromatic N) is 5. The summed E-state index contributed by atoms with van der Waals surface area (Å²) in [6.07, 6.45) is 4.89. The maximum atomic E-state index is 13.9. The van der Waals surface area contributed by atoms with Gasteiger partial charge in [-0.2, -0.15) is 0 Å². The van der Waals surface area contributed by atoms with Crippen molar-refractivity contribution in [1.29, 1.82) is 0 Å². The normalized spacial score (nSPS) is 21.8. The molecule has 212 valence electrons. The number of aryl methyl sites for hydroxylation is 2. The highest BCUT2D eigenvalue weighted by molar-refractivity contribution is 7.92. The molecule has 0 aromatic carbocycles. The van der Waals surface area contributed by atoms with Gasteiger partial charge >= 0.3 is 0 Å². The van der Waals surface area contributed by atoms with Gasteiger partial charge in [0, 0.05) is 29.9 Å². The molecule has 0 amide bonds. The van der Waals surface area contributed by atoms with Crippen LogP contribution in [0.5, 0.6) is 0 Å². The molecule has 2 N–H and O–H groups in total. The zero-order valence-corrected chi connectivity index (χ0v) is 25.0. The number of ether oxygens (including phenoxy) is 1. The van der Waals surface area contributed by atoms with Crippen LogP contribution in [0.3, 0.4) is 0 Å². The molecular weight excluding hydrogens is 548 g/mol. The van der Waals surface area contributed by atoms with Gasteiger partial charge in [-0.05, 0) is 57.4 Å². The van der Waals surface area contributed by atoms with Crippen LogP contribution in [0, 0.1) is 18.8 Å². The van der Waals surface area contributed by atoms with Gasteiger partial charge in [0.05, 0.1) is 43.4 Å². The Morgan fingerprint density at radius 3 is 2.67 bits per heavy atom. The summed E-state index contributed by atoms with van der Waals surface area (Å²) >= 11 is 1.38. The second-order valence-electron chi connectivity index (χ2n) is 11.9. The molecule has 12 heteroatoms. The first kappa shape index (κ1) is 27.2. The zero-order chi connectivity index (χ0) is 28.4. The van der Waals surface area contributed by atoms with Gasteiger partial charge in [0.25, 0.3) is 0 Å². The van der Waals surface area contributed by atoms with Gasteiger partial charge in [-0.3, -0.25) is 4.98 Å². The molecule has 4 aromatic rings. The maximum Gasteiger partial charge on any atom is 0.250 e. The highest BCUT2D eigenvalue weighted by Crippen LogP contribution is 2.50. The van der Waals surface area contributed by atoms with Crippen molar-refractivity contribution >= 4 is 37.2 Å². The summed E-state index contributed by atoms with van der Waals surface area (Å²) in [6, 6.07) is 1.88. The average Bonchev–Trinajstić information content (AvgIpc) is 3.57. The van der Waals surface area contributed by atoms with Crippen molar-refractivity contribution in [3.63, 3.8) is 0 Å². The molecule has 6 rings (SSSR count). The van der Waals surface area contributed by atoms with Crippen molar-refractivity contribution in [2.24, 2.45) is 11.8 Å². The number of hydrogen-bond donors (Lipinski definition) is 1. The molecule has 2 aliphatic heterocycles. The largest absolute Gasteiger partial charge is 0.421 e. The molecule has 40 heavy (non-hydrogen) atoms. The molecular formula is C28H34N6O4S2. The molecule has 2 aliphatic rings. The number of aromatic nitrogens is 5. The molecule has 0 radical (unpaired) electrons. The van der Waals surface area contributed by atoms with Crippen LogP contribution >= 0.6 is 11.3 Å². The minimum atomic E-state index is -3.65. The summed E-state index contributed by atoms with van der Waals surface area (Å²) in [5, 5.41) is 8.45. The van der Waals surface area contributed by atoms with E-state index in [1.54, 1.807) is 6.92 Å². The Balaban J connectivity index is 1.61. The number of nitrogens with two attached hydrogens (primary N) is 1. The third-order valence-corrected chi connectivity index (χ3v) is 11.0. The van der Waals surface area contributed by atoms with Crippen LogP contribution in [0.2, 0.25) is 0 Å². The average molecular weight is 583 g/mol. The molecule has 0 saturated carbocycles. The van der Waals surface area contributed by atoms with Crippen LogP contribution in [0.1, 0.15) is 70.2 Å². The Labute approximate surface area is 237 Å². The van der Waals surface area contributed by atoms with E-state index < -0.39 is 9.84 Å². The second kappa shape index (κ2) is 9.85. The Morgan fingerprint density at radius 2 is 2.00 bits per heavy atom. The SMILES string of the molecule is Cc1nnc(-c2c(CCC3CCOC(C)(C)C3)nc3c(c2-c2cc4ncnc(N)c4s2)S(=O)(=O)CC3C(C)C)o1. The van der Waals surface area contributed by atoms with E-state index in [1.165, 1.54) is 17.7 Å².